The molecular formula is C12H14FN3O. The van der Waals surface area contributed by atoms with E-state index in [0.29, 0.717) is 5.69 Å². The Morgan fingerprint density at radius 2 is 2.24 bits per heavy atom. The number of carbonyl (C=O) groups is 1. The molecule has 0 radical (unpaired) electrons. The van der Waals surface area contributed by atoms with E-state index in [-0.39, 0.29) is 12.1 Å². The fraction of sp³-hybridized carbons (Fsp3) is 0.333. The first-order valence-electron chi connectivity index (χ1n) is 5.11. The molecule has 1 aromatic carbocycles. The van der Waals surface area contributed by atoms with Gasteiger partial charge in [-0.3, -0.25) is 4.79 Å². The molecule has 1 aromatic rings. The number of primary amides is 1. The number of hydrogen-bond donors (Lipinski definition) is 2. The van der Waals surface area contributed by atoms with Gasteiger partial charge in [0.15, 0.2) is 0 Å². The van der Waals surface area contributed by atoms with E-state index in [1.165, 1.54) is 12.1 Å². The number of amides is 1. The minimum absolute atomic E-state index is 0.0622. The Kier molecular flexibility index (Phi) is 3.69. The summed E-state index contributed by atoms with van der Waals surface area (Å²) in [5, 5.41) is 11.7. The third-order valence-electron chi connectivity index (χ3n) is 2.51. The van der Waals surface area contributed by atoms with Gasteiger partial charge in [0.2, 0.25) is 5.91 Å². The Morgan fingerprint density at radius 1 is 1.59 bits per heavy atom. The first-order valence-corrected chi connectivity index (χ1v) is 5.11. The number of nitrogens with two attached hydrogens (primary N) is 1. The van der Waals surface area contributed by atoms with Crippen molar-refractivity contribution < 1.29 is 9.18 Å². The van der Waals surface area contributed by atoms with Gasteiger partial charge in [-0.25, -0.2) is 4.39 Å². The van der Waals surface area contributed by atoms with E-state index >= 15 is 0 Å². The van der Waals surface area contributed by atoms with Crippen molar-refractivity contribution in [2.45, 2.75) is 13.8 Å². The van der Waals surface area contributed by atoms with Crippen molar-refractivity contribution in [2.75, 3.05) is 11.9 Å². The molecule has 0 aromatic heterocycles. The highest BCUT2D eigenvalue weighted by molar-refractivity contribution is 5.80. The molecule has 3 N–H and O–H groups in total. The van der Waals surface area contributed by atoms with Crippen LogP contribution in [0.3, 0.4) is 0 Å². The van der Waals surface area contributed by atoms with Gasteiger partial charge in [-0.15, -0.1) is 0 Å². The van der Waals surface area contributed by atoms with Crippen molar-refractivity contribution in [3.8, 4) is 6.07 Å². The number of hydrogen-bond acceptors (Lipinski definition) is 3. The molecule has 0 aliphatic heterocycles. The van der Waals surface area contributed by atoms with Gasteiger partial charge < -0.3 is 11.1 Å². The van der Waals surface area contributed by atoms with Crippen molar-refractivity contribution in [2.24, 2.45) is 11.1 Å². The van der Waals surface area contributed by atoms with Crippen molar-refractivity contribution in [3.63, 3.8) is 0 Å². The number of rotatable bonds is 4. The molecule has 0 fully saturated rings. The van der Waals surface area contributed by atoms with Crippen LogP contribution in [0.2, 0.25) is 0 Å². The van der Waals surface area contributed by atoms with Crippen molar-refractivity contribution in [3.05, 3.63) is 29.6 Å². The minimum Gasteiger partial charge on any atom is -0.383 e. The van der Waals surface area contributed by atoms with Crippen LogP contribution in [0.1, 0.15) is 19.4 Å². The molecule has 0 heterocycles. The van der Waals surface area contributed by atoms with Crippen LogP contribution in [0.25, 0.3) is 0 Å². The van der Waals surface area contributed by atoms with Crippen molar-refractivity contribution in [1.82, 2.24) is 0 Å². The number of nitrogens with zero attached hydrogens (tertiary/aromatic N) is 1. The summed E-state index contributed by atoms with van der Waals surface area (Å²) in [5.74, 6) is -1.05. The summed E-state index contributed by atoms with van der Waals surface area (Å²) in [6.07, 6.45) is 0. The van der Waals surface area contributed by atoms with E-state index in [0.717, 1.165) is 0 Å². The lowest BCUT2D eigenvalue weighted by Crippen LogP contribution is -2.37. The predicted octanol–water partition coefficient (Wildman–Crippen LogP) is 1.62. The summed E-state index contributed by atoms with van der Waals surface area (Å²) in [6.45, 7) is 3.59. The molecule has 1 rings (SSSR count). The lowest BCUT2D eigenvalue weighted by Gasteiger charge is -2.21. The maximum absolute atomic E-state index is 13.3. The fourth-order valence-electron chi connectivity index (χ4n) is 1.19. The van der Waals surface area contributed by atoms with Gasteiger partial charge in [0.1, 0.15) is 17.4 Å². The van der Waals surface area contributed by atoms with E-state index < -0.39 is 17.1 Å². The highest BCUT2D eigenvalue weighted by atomic mass is 19.1. The van der Waals surface area contributed by atoms with Gasteiger partial charge in [-0.2, -0.15) is 5.26 Å². The highest BCUT2D eigenvalue weighted by Gasteiger charge is 2.25. The van der Waals surface area contributed by atoms with Gasteiger partial charge in [0.05, 0.1) is 11.1 Å². The maximum atomic E-state index is 13.3. The summed E-state index contributed by atoms with van der Waals surface area (Å²) >= 11 is 0. The highest BCUT2D eigenvalue weighted by Crippen LogP contribution is 2.21. The van der Waals surface area contributed by atoms with E-state index in [1.807, 2.05) is 0 Å². The van der Waals surface area contributed by atoms with Crippen LogP contribution in [0.5, 0.6) is 0 Å². The van der Waals surface area contributed by atoms with Gasteiger partial charge >= 0.3 is 0 Å². The van der Waals surface area contributed by atoms with Crippen LogP contribution < -0.4 is 11.1 Å². The lowest BCUT2D eigenvalue weighted by atomic mass is 9.92. The molecule has 17 heavy (non-hydrogen) atoms. The lowest BCUT2D eigenvalue weighted by molar-refractivity contribution is -0.125. The van der Waals surface area contributed by atoms with Crippen molar-refractivity contribution >= 4 is 11.6 Å². The molecule has 5 heteroatoms. The smallest absolute Gasteiger partial charge is 0.224 e. The molecule has 4 nitrogen and oxygen atoms in total. The molecule has 0 saturated heterocycles. The number of benzene rings is 1. The molecule has 0 aliphatic rings. The Morgan fingerprint density at radius 3 is 2.76 bits per heavy atom. The number of nitriles is 1. The SMILES string of the molecule is CC(C)(CNc1cccc(F)c1C#N)C(N)=O. The fourth-order valence-corrected chi connectivity index (χ4v) is 1.19. The molecule has 0 unspecified atom stereocenters. The second-order valence-electron chi connectivity index (χ2n) is 4.38. The number of carbonyl (C=O) groups excluding carboxylic acids is 1. The molecule has 0 saturated carbocycles. The molecule has 0 aliphatic carbocycles. The second kappa shape index (κ2) is 4.83. The summed E-state index contributed by atoms with van der Waals surface area (Å²) in [7, 11) is 0. The predicted molar refractivity (Wildman–Crippen MR) is 62.6 cm³/mol. The topological polar surface area (TPSA) is 78.9 Å². The van der Waals surface area contributed by atoms with E-state index in [9.17, 15) is 9.18 Å². The van der Waals surface area contributed by atoms with Crippen LogP contribution in [-0.4, -0.2) is 12.5 Å². The van der Waals surface area contributed by atoms with Crippen LogP contribution in [0, 0.1) is 22.6 Å². The molecular weight excluding hydrogens is 221 g/mol. The molecule has 1 amide bonds. The van der Waals surface area contributed by atoms with Crippen LogP contribution >= 0.6 is 0 Å². The minimum atomic E-state index is -0.765. The summed E-state index contributed by atoms with van der Waals surface area (Å²) < 4.78 is 13.3. The van der Waals surface area contributed by atoms with E-state index in [1.54, 1.807) is 26.0 Å². The van der Waals surface area contributed by atoms with Gasteiger partial charge in [-0.05, 0) is 26.0 Å². The summed E-state index contributed by atoms with van der Waals surface area (Å²) in [4.78, 5) is 11.1. The number of anilines is 1. The monoisotopic (exact) mass is 235 g/mol. The Balaban J connectivity index is 2.88. The first-order chi connectivity index (χ1) is 7.88. The van der Waals surface area contributed by atoms with Gasteiger partial charge in [0, 0.05) is 6.54 Å². The largest absolute Gasteiger partial charge is 0.383 e. The number of nitrogens with one attached hydrogen (secondary N) is 1. The Labute approximate surface area is 99.2 Å². The molecule has 0 atom stereocenters. The van der Waals surface area contributed by atoms with Gasteiger partial charge in [-0.1, -0.05) is 6.07 Å². The zero-order valence-electron chi connectivity index (χ0n) is 9.75. The van der Waals surface area contributed by atoms with Gasteiger partial charge in [0.25, 0.3) is 0 Å². The van der Waals surface area contributed by atoms with Crippen LogP contribution in [-0.2, 0) is 4.79 Å². The number of halogens is 1. The van der Waals surface area contributed by atoms with E-state index in [2.05, 4.69) is 5.32 Å². The Hall–Kier alpha value is -2.09. The standard InChI is InChI=1S/C12H14FN3O/c1-12(2,11(15)17)7-16-10-5-3-4-9(13)8(10)6-14/h3-5,16H,7H2,1-2H3,(H2,15,17). The first kappa shape index (κ1) is 13.0. The zero-order chi connectivity index (χ0) is 13.1. The van der Waals surface area contributed by atoms with Crippen molar-refractivity contribution in [1.29, 1.82) is 5.26 Å². The molecule has 0 bridgehead atoms. The van der Waals surface area contributed by atoms with Crippen LogP contribution in [0.15, 0.2) is 18.2 Å². The third-order valence-corrected chi connectivity index (χ3v) is 2.51. The summed E-state index contributed by atoms with van der Waals surface area (Å²) in [6, 6.07) is 6.06. The second-order valence-corrected chi connectivity index (χ2v) is 4.38. The van der Waals surface area contributed by atoms with Crippen LogP contribution in [0.4, 0.5) is 10.1 Å². The molecule has 0 spiro atoms. The average Bonchev–Trinajstić information content (AvgIpc) is 2.26. The molecule has 90 valence electrons. The average molecular weight is 235 g/mol. The Bertz CT molecular complexity index is 477. The quantitative estimate of drug-likeness (QED) is 0.832. The zero-order valence-corrected chi connectivity index (χ0v) is 9.75. The van der Waals surface area contributed by atoms with E-state index in [4.69, 9.17) is 11.0 Å². The maximum Gasteiger partial charge on any atom is 0.224 e. The normalized spacial score (nSPS) is 10.7. The summed E-state index contributed by atoms with van der Waals surface area (Å²) in [5.41, 5.74) is 4.75. The third kappa shape index (κ3) is 2.94.